The predicted octanol–water partition coefficient (Wildman–Crippen LogP) is 3.24. The summed E-state index contributed by atoms with van der Waals surface area (Å²) in [4.78, 5) is 19.9. The minimum absolute atomic E-state index is 0.270. The second kappa shape index (κ2) is 8.93. The van der Waals surface area contributed by atoms with Gasteiger partial charge in [-0.3, -0.25) is 9.88 Å². The first-order valence-electron chi connectivity index (χ1n) is 9.85. The van der Waals surface area contributed by atoms with Gasteiger partial charge < -0.3 is 9.64 Å². The van der Waals surface area contributed by atoms with Crippen LogP contribution in [0, 0.1) is 17.1 Å². The maximum absolute atomic E-state index is 14.9. The van der Waals surface area contributed by atoms with Gasteiger partial charge >= 0.3 is 6.09 Å². The van der Waals surface area contributed by atoms with Gasteiger partial charge in [-0.05, 0) is 37.4 Å². The Morgan fingerprint density at radius 2 is 2.23 bits per heavy atom. The number of anilines is 1. The van der Waals surface area contributed by atoms with E-state index in [2.05, 4.69) is 16.2 Å². The maximum atomic E-state index is 14.9. The first kappa shape index (κ1) is 20.5. The Hall–Kier alpha value is -3.77. The number of aromatic nitrogens is 3. The van der Waals surface area contributed by atoms with E-state index in [-0.39, 0.29) is 11.8 Å². The van der Waals surface area contributed by atoms with E-state index in [9.17, 15) is 9.18 Å². The SMILES string of the molecule is CN(CCC#N)C[C@H]1CN(c2ccc(-n3cc(-c4ccccn4)cn3)c(F)c2)C(=O)O1. The number of pyridine rings is 1. The van der Waals surface area contributed by atoms with Gasteiger partial charge in [0.2, 0.25) is 0 Å². The lowest BCUT2D eigenvalue weighted by atomic mass is 10.2. The fourth-order valence-corrected chi connectivity index (χ4v) is 3.48. The maximum Gasteiger partial charge on any atom is 0.414 e. The molecule has 9 heteroatoms. The van der Waals surface area contributed by atoms with Crippen LogP contribution in [0.25, 0.3) is 16.9 Å². The molecule has 1 atom stereocenters. The van der Waals surface area contributed by atoms with E-state index in [0.717, 1.165) is 11.3 Å². The normalized spacial score (nSPS) is 15.9. The number of nitriles is 1. The molecule has 8 nitrogen and oxygen atoms in total. The van der Waals surface area contributed by atoms with E-state index >= 15 is 0 Å². The molecule has 3 aromatic rings. The van der Waals surface area contributed by atoms with E-state index in [0.29, 0.717) is 31.7 Å². The second-order valence-corrected chi connectivity index (χ2v) is 7.31. The van der Waals surface area contributed by atoms with Crippen LogP contribution in [0.3, 0.4) is 0 Å². The number of hydrogen-bond acceptors (Lipinski definition) is 6. The zero-order chi connectivity index (χ0) is 21.8. The minimum atomic E-state index is -0.512. The monoisotopic (exact) mass is 420 g/mol. The predicted molar refractivity (Wildman–Crippen MR) is 112 cm³/mol. The van der Waals surface area contributed by atoms with Crippen molar-refractivity contribution in [1.29, 1.82) is 5.26 Å². The molecular formula is C22H21FN6O2. The van der Waals surface area contributed by atoms with Gasteiger partial charge in [0, 0.05) is 37.5 Å². The van der Waals surface area contributed by atoms with Gasteiger partial charge in [-0.2, -0.15) is 10.4 Å². The molecule has 1 aliphatic rings. The third-order valence-electron chi connectivity index (χ3n) is 5.03. The lowest BCUT2D eigenvalue weighted by Gasteiger charge is -2.18. The highest BCUT2D eigenvalue weighted by Gasteiger charge is 2.33. The lowest BCUT2D eigenvalue weighted by molar-refractivity contribution is 0.117. The zero-order valence-electron chi connectivity index (χ0n) is 17.0. The van der Waals surface area contributed by atoms with E-state index in [4.69, 9.17) is 10.00 Å². The number of carbonyl (C=O) groups is 1. The molecule has 158 valence electrons. The Labute approximate surface area is 179 Å². The van der Waals surface area contributed by atoms with Crippen LogP contribution in [0.15, 0.2) is 55.0 Å². The third-order valence-corrected chi connectivity index (χ3v) is 5.03. The lowest BCUT2D eigenvalue weighted by Crippen LogP contribution is -2.33. The van der Waals surface area contributed by atoms with Gasteiger partial charge in [-0.1, -0.05) is 6.07 Å². The Bertz CT molecular complexity index is 1110. The van der Waals surface area contributed by atoms with E-state index < -0.39 is 11.9 Å². The molecule has 4 rings (SSSR count). The zero-order valence-corrected chi connectivity index (χ0v) is 17.0. The van der Waals surface area contributed by atoms with Crippen LogP contribution < -0.4 is 4.90 Å². The number of ether oxygens (including phenoxy) is 1. The first-order chi connectivity index (χ1) is 15.0. The van der Waals surface area contributed by atoms with Crippen LogP contribution in [0.1, 0.15) is 6.42 Å². The summed E-state index contributed by atoms with van der Waals surface area (Å²) in [6, 6.07) is 12.2. The minimum Gasteiger partial charge on any atom is -0.443 e. The summed E-state index contributed by atoms with van der Waals surface area (Å²) in [5.41, 5.74) is 2.21. The number of halogens is 1. The average Bonchev–Trinajstić information content (AvgIpc) is 3.40. The van der Waals surface area contributed by atoms with Crippen molar-refractivity contribution in [2.24, 2.45) is 0 Å². The van der Waals surface area contributed by atoms with Crippen molar-refractivity contribution >= 4 is 11.8 Å². The van der Waals surface area contributed by atoms with Crippen molar-refractivity contribution in [2.45, 2.75) is 12.5 Å². The Balaban J connectivity index is 1.47. The summed E-state index contributed by atoms with van der Waals surface area (Å²) in [6.07, 6.45) is 4.57. The molecule has 1 fully saturated rings. The fourth-order valence-electron chi connectivity index (χ4n) is 3.48. The van der Waals surface area contributed by atoms with Crippen molar-refractivity contribution in [1.82, 2.24) is 19.7 Å². The Morgan fingerprint density at radius 3 is 2.97 bits per heavy atom. The highest BCUT2D eigenvalue weighted by Crippen LogP contribution is 2.26. The number of carbonyl (C=O) groups excluding carboxylic acids is 1. The van der Waals surface area contributed by atoms with Gasteiger partial charge in [0.25, 0.3) is 0 Å². The molecule has 3 heterocycles. The molecule has 0 unspecified atom stereocenters. The van der Waals surface area contributed by atoms with E-state index in [1.54, 1.807) is 30.7 Å². The Morgan fingerprint density at radius 1 is 1.35 bits per heavy atom. The summed E-state index contributed by atoms with van der Waals surface area (Å²) in [7, 11) is 1.87. The largest absolute Gasteiger partial charge is 0.443 e. The molecule has 0 saturated carbocycles. The number of cyclic esters (lactones) is 1. The second-order valence-electron chi connectivity index (χ2n) is 7.31. The first-order valence-corrected chi connectivity index (χ1v) is 9.85. The molecular weight excluding hydrogens is 399 g/mol. The molecule has 31 heavy (non-hydrogen) atoms. The number of hydrogen-bond donors (Lipinski definition) is 0. The Kier molecular flexibility index (Phi) is 5.91. The quantitative estimate of drug-likeness (QED) is 0.583. The molecule has 1 saturated heterocycles. The number of likely N-dealkylation sites (N-methyl/N-ethyl adjacent to an activating group) is 1. The van der Waals surface area contributed by atoms with Gasteiger partial charge in [0.1, 0.15) is 11.8 Å². The molecule has 0 spiro atoms. The van der Waals surface area contributed by atoms with Crippen LogP contribution in [0.4, 0.5) is 14.9 Å². The molecule has 0 radical (unpaired) electrons. The summed E-state index contributed by atoms with van der Waals surface area (Å²) in [6.45, 7) is 1.42. The van der Waals surface area contributed by atoms with Crippen molar-refractivity contribution < 1.29 is 13.9 Å². The summed E-state index contributed by atoms with van der Waals surface area (Å²) in [5.74, 6) is -0.504. The molecule has 0 N–H and O–H groups in total. The molecule has 0 bridgehead atoms. The van der Waals surface area contributed by atoms with Crippen molar-refractivity contribution in [2.75, 3.05) is 31.6 Å². The highest BCUT2D eigenvalue weighted by molar-refractivity contribution is 5.89. The fraction of sp³-hybridized carbons (Fsp3) is 0.273. The molecule has 1 amide bonds. The number of nitrogens with zero attached hydrogens (tertiary/aromatic N) is 6. The van der Waals surface area contributed by atoms with Crippen molar-refractivity contribution in [3.05, 3.63) is 60.8 Å². The molecule has 1 aromatic carbocycles. The van der Waals surface area contributed by atoms with E-state index in [1.807, 2.05) is 30.1 Å². The standard InChI is InChI=1S/C22H21FN6O2/c1-27(10-4-8-24)14-18-15-28(22(30)31-18)17-6-7-21(19(23)11-17)29-13-16(12-26-29)20-5-2-3-9-25-20/h2-3,5-7,9,11-13,18H,4,10,14-15H2,1H3/t18-/m0/s1. The molecule has 2 aromatic heterocycles. The topological polar surface area (TPSA) is 87.3 Å². The summed E-state index contributed by atoms with van der Waals surface area (Å²) < 4.78 is 21.7. The highest BCUT2D eigenvalue weighted by atomic mass is 19.1. The third kappa shape index (κ3) is 4.54. The van der Waals surface area contributed by atoms with Crippen LogP contribution in [-0.2, 0) is 4.74 Å². The summed E-state index contributed by atoms with van der Waals surface area (Å²) in [5, 5.41) is 12.9. The smallest absolute Gasteiger partial charge is 0.414 e. The van der Waals surface area contributed by atoms with Crippen LogP contribution >= 0.6 is 0 Å². The average molecular weight is 420 g/mol. The van der Waals surface area contributed by atoms with E-state index in [1.165, 1.54) is 15.6 Å². The van der Waals surface area contributed by atoms with Crippen LogP contribution in [0.2, 0.25) is 0 Å². The number of benzene rings is 1. The van der Waals surface area contributed by atoms with Gasteiger partial charge in [-0.25, -0.2) is 13.9 Å². The van der Waals surface area contributed by atoms with Gasteiger partial charge in [-0.15, -0.1) is 0 Å². The van der Waals surface area contributed by atoms with Crippen LogP contribution in [-0.4, -0.2) is 58.5 Å². The number of rotatable bonds is 7. The number of amides is 1. The van der Waals surface area contributed by atoms with Crippen LogP contribution in [0.5, 0.6) is 0 Å². The summed E-state index contributed by atoms with van der Waals surface area (Å²) >= 11 is 0. The van der Waals surface area contributed by atoms with Crippen molar-refractivity contribution in [3.8, 4) is 23.0 Å². The van der Waals surface area contributed by atoms with Crippen molar-refractivity contribution in [3.63, 3.8) is 0 Å². The molecule has 1 aliphatic heterocycles. The van der Waals surface area contributed by atoms with Gasteiger partial charge in [0.15, 0.2) is 5.82 Å². The van der Waals surface area contributed by atoms with Gasteiger partial charge in [0.05, 0.1) is 30.2 Å². The molecule has 0 aliphatic carbocycles.